The summed E-state index contributed by atoms with van der Waals surface area (Å²) in [7, 11) is -2.03. The molecule has 17 heavy (non-hydrogen) atoms. The second-order valence-electron chi connectivity index (χ2n) is 4.77. The molecule has 0 amide bonds. The number of rotatable bonds is 9. The molecule has 0 aromatic heterocycles. The Bertz CT molecular complexity index is 238. The standard InChI is InChI=1S/C10H22NO4PS/c1-10(2,7-9(12)13)4-6-17-5-3-8(11)16(14)15/h8,14-15H,3-7,11H2,1-2H3,(H,12,13). The van der Waals surface area contributed by atoms with Crippen LogP contribution in [0.1, 0.15) is 33.1 Å². The van der Waals surface area contributed by atoms with Crippen LogP contribution in [-0.2, 0) is 4.79 Å². The van der Waals surface area contributed by atoms with Crippen LogP contribution in [0.3, 0.4) is 0 Å². The zero-order valence-corrected chi connectivity index (χ0v) is 12.0. The molecule has 0 aliphatic rings. The molecule has 0 radical (unpaired) electrons. The van der Waals surface area contributed by atoms with E-state index in [2.05, 4.69) is 0 Å². The molecule has 7 heteroatoms. The Balaban J connectivity index is 3.60. The van der Waals surface area contributed by atoms with Crippen molar-refractivity contribution in [2.45, 2.75) is 38.9 Å². The number of carbonyl (C=O) groups is 1. The van der Waals surface area contributed by atoms with Crippen LogP contribution < -0.4 is 5.73 Å². The van der Waals surface area contributed by atoms with Gasteiger partial charge in [0.05, 0.1) is 12.2 Å². The molecule has 5 nitrogen and oxygen atoms in total. The minimum absolute atomic E-state index is 0.172. The fraction of sp³-hybridized carbons (Fsp3) is 0.900. The van der Waals surface area contributed by atoms with Crippen LogP contribution in [0.2, 0.25) is 0 Å². The largest absolute Gasteiger partial charge is 0.481 e. The first-order valence-electron chi connectivity index (χ1n) is 5.47. The average molecular weight is 283 g/mol. The van der Waals surface area contributed by atoms with Gasteiger partial charge in [0.25, 0.3) is 0 Å². The van der Waals surface area contributed by atoms with Gasteiger partial charge < -0.3 is 20.6 Å². The number of hydrogen-bond donors (Lipinski definition) is 4. The SMILES string of the molecule is CC(C)(CCSCCC(N)P(O)O)CC(=O)O. The Labute approximate surface area is 108 Å². The molecule has 5 N–H and O–H groups in total. The van der Waals surface area contributed by atoms with Gasteiger partial charge in [-0.2, -0.15) is 11.8 Å². The molecule has 0 rings (SSSR count). The highest BCUT2D eigenvalue weighted by Gasteiger charge is 2.21. The molecule has 0 saturated heterocycles. The second kappa shape index (κ2) is 8.27. The molecule has 1 atom stereocenters. The Kier molecular flexibility index (Phi) is 8.33. The summed E-state index contributed by atoms with van der Waals surface area (Å²) in [6.45, 7) is 3.88. The number of nitrogens with two attached hydrogens (primary N) is 1. The lowest BCUT2D eigenvalue weighted by Crippen LogP contribution is -2.19. The molecule has 0 aliphatic carbocycles. The minimum Gasteiger partial charge on any atom is -0.481 e. The highest BCUT2D eigenvalue weighted by Crippen LogP contribution is 2.31. The summed E-state index contributed by atoms with van der Waals surface area (Å²) in [6, 6.07) is 0. The number of thioether (sulfide) groups is 1. The quantitative estimate of drug-likeness (QED) is 0.378. The molecular weight excluding hydrogens is 261 g/mol. The van der Waals surface area contributed by atoms with Crippen molar-refractivity contribution in [2.24, 2.45) is 11.1 Å². The molecule has 0 aromatic rings. The molecule has 0 bridgehead atoms. The van der Waals surface area contributed by atoms with Crippen LogP contribution in [0.15, 0.2) is 0 Å². The summed E-state index contributed by atoms with van der Waals surface area (Å²) in [5.41, 5.74) is 5.30. The van der Waals surface area contributed by atoms with E-state index in [9.17, 15) is 4.79 Å². The van der Waals surface area contributed by atoms with Gasteiger partial charge in [-0.15, -0.1) is 0 Å². The van der Waals surface area contributed by atoms with Crippen LogP contribution in [0.5, 0.6) is 0 Å². The fourth-order valence-corrected chi connectivity index (χ4v) is 3.12. The summed E-state index contributed by atoms with van der Waals surface area (Å²) in [5, 5.41) is 8.71. The van der Waals surface area contributed by atoms with Gasteiger partial charge in [-0.05, 0) is 29.8 Å². The maximum absolute atomic E-state index is 10.6. The monoisotopic (exact) mass is 283 g/mol. The fourth-order valence-electron chi connectivity index (χ4n) is 1.27. The predicted molar refractivity (Wildman–Crippen MR) is 71.9 cm³/mol. The Morgan fingerprint density at radius 2 is 2.00 bits per heavy atom. The molecule has 0 fully saturated rings. The van der Waals surface area contributed by atoms with E-state index in [0.717, 1.165) is 17.9 Å². The second-order valence-corrected chi connectivity index (χ2v) is 7.30. The van der Waals surface area contributed by atoms with Gasteiger partial charge in [0.15, 0.2) is 8.38 Å². The maximum Gasteiger partial charge on any atom is 0.303 e. The van der Waals surface area contributed by atoms with E-state index < -0.39 is 20.1 Å². The van der Waals surface area contributed by atoms with E-state index in [0.29, 0.717) is 6.42 Å². The number of carboxylic acid groups (broad SMARTS) is 1. The predicted octanol–water partition coefficient (Wildman–Crippen LogP) is 1.58. The van der Waals surface area contributed by atoms with E-state index in [1.807, 2.05) is 13.8 Å². The zero-order chi connectivity index (χ0) is 13.5. The zero-order valence-electron chi connectivity index (χ0n) is 10.3. The maximum atomic E-state index is 10.6. The molecule has 0 aromatic carbocycles. The third-order valence-electron chi connectivity index (χ3n) is 2.41. The van der Waals surface area contributed by atoms with Crippen LogP contribution in [0.25, 0.3) is 0 Å². The van der Waals surface area contributed by atoms with Gasteiger partial charge in [-0.1, -0.05) is 13.8 Å². The van der Waals surface area contributed by atoms with Crippen molar-refractivity contribution in [1.29, 1.82) is 0 Å². The summed E-state index contributed by atoms with van der Waals surface area (Å²) in [5.74, 6) is 0.323. The van der Waals surface area contributed by atoms with Gasteiger partial charge in [-0.25, -0.2) is 0 Å². The Morgan fingerprint density at radius 1 is 1.41 bits per heavy atom. The molecule has 0 aliphatic heterocycles. The number of carboxylic acids is 1. The van der Waals surface area contributed by atoms with Crippen molar-refractivity contribution in [1.82, 2.24) is 0 Å². The van der Waals surface area contributed by atoms with E-state index in [4.69, 9.17) is 20.6 Å². The molecule has 102 valence electrons. The summed E-state index contributed by atoms with van der Waals surface area (Å²) >= 11 is 1.67. The number of aliphatic carboxylic acids is 1. The van der Waals surface area contributed by atoms with Crippen molar-refractivity contribution in [2.75, 3.05) is 11.5 Å². The van der Waals surface area contributed by atoms with Crippen LogP contribution in [-0.4, -0.2) is 38.2 Å². The average Bonchev–Trinajstić information content (AvgIpc) is 2.14. The van der Waals surface area contributed by atoms with Crippen molar-refractivity contribution in [3.8, 4) is 0 Å². The van der Waals surface area contributed by atoms with Crippen molar-refractivity contribution in [3.63, 3.8) is 0 Å². The molecule has 0 spiro atoms. The van der Waals surface area contributed by atoms with Crippen LogP contribution in [0, 0.1) is 5.41 Å². The topological polar surface area (TPSA) is 104 Å². The van der Waals surface area contributed by atoms with Crippen LogP contribution in [0.4, 0.5) is 0 Å². The summed E-state index contributed by atoms with van der Waals surface area (Å²) in [4.78, 5) is 28.2. The van der Waals surface area contributed by atoms with Gasteiger partial charge in [0.2, 0.25) is 0 Å². The van der Waals surface area contributed by atoms with E-state index in [-0.39, 0.29) is 11.8 Å². The lowest BCUT2D eigenvalue weighted by atomic mass is 9.87. The van der Waals surface area contributed by atoms with Crippen molar-refractivity contribution in [3.05, 3.63) is 0 Å². The smallest absolute Gasteiger partial charge is 0.303 e. The lowest BCUT2D eigenvalue weighted by molar-refractivity contribution is -0.139. The summed E-state index contributed by atoms with van der Waals surface area (Å²) < 4.78 is 0. The van der Waals surface area contributed by atoms with E-state index >= 15 is 0 Å². The van der Waals surface area contributed by atoms with Crippen molar-refractivity contribution >= 4 is 26.1 Å². The third-order valence-corrected chi connectivity index (χ3v) is 4.28. The first-order valence-corrected chi connectivity index (χ1v) is 7.94. The summed E-state index contributed by atoms with van der Waals surface area (Å²) in [6.07, 6.45) is 1.57. The molecule has 0 heterocycles. The molecule has 1 unspecified atom stereocenters. The first-order chi connectivity index (χ1) is 7.74. The first kappa shape index (κ1) is 17.1. The highest BCUT2D eigenvalue weighted by atomic mass is 32.2. The number of hydrogen-bond acceptors (Lipinski definition) is 5. The van der Waals surface area contributed by atoms with E-state index in [1.165, 1.54) is 0 Å². The van der Waals surface area contributed by atoms with Gasteiger partial charge >= 0.3 is 5.97 Å². The lowest BCUT2D eigenvalue weighted by Gasteiger charge is -2.22. The molecular formula is C10H22NO4PS. The third kappa shape index (κ3) is 9.80. The Hall–Kier alpha value is 0.130. The highest BCUT2D eigenvalue weighted by molar-refractivity contribution is 7.99. The molecule has 0 saturated carbocycles. The normalized spacial score (nSPS) is 14.0. The van der Waals surface area contributed by atoms with Gasteiger partial charge in [-0.3, -0.25) is 4.79 Å². The van der Waals surface area contributed by atoms with Gasteiger partial charge in [0.1, 0.15) is 0 Å². The van der Waals surface area contributed by atoms with Crippen molar-refractivity contribution < 1.29 is 19.7 Å². The van der Waals surface area contributed by atoms with E-state index in [1.54, 1.807) is 11.8 Å². The van der Waals surface area contributed by atoms with Crippen LogP contribution >= 0.6 is 20.1 Å². The van der Waals surface area contributed by atoms with Gasteiger partial charge in [0, 0.05) is 0 Å². The Morgan fingerprint density at radius 3 is 2.47 bits per heavy atom. The minimum atomic E-state index is -2.03.